The molecular formula is C16H25NS. The minimum absolute atomic E-state index is 0.379. The van der Waals surface area contributed by atoms with E-state index in [2.05, 4.69) is 41.5 Å². The number of nitrogens with zero attached hydrogens (tertiary/aromatic N) is 1. The van der Waals surface area contributed by atoms with Gasteiger partial charge in [-0.1, -0.05) is 34.6 Å². The molecule has 1 fully saturated rings. The topological polar surface area (TPSA) is 12.9 Å². The number of hydrogen-bond acceptors (Lipinski definition) is 2. The monoisotopic (exact) mass is 263 g/mol. The molecule has 0 saturated heterocycles. The highest BCUT2D eigenvalue weighted by molar-refractivity contribution is 7.11. The van der Waals surface area contributed by atoms with Gasteiger partial charge in [-0.2, -0.15) is 0 Å². The molecule has 18 heavy (non-hydrogen) atoms. The van der Waals surface area contributed by atoms with Crippen LogP contribution in [-0.2, 0) is 6.42 Å². The zero-order valence-corrected chi connectivity index (χ0v) is 13.3. The van der Waals surface area contributed by atoms with Crippen LogP contribution in [0, 0.1) is 29.6 Å². The fraction of sp³-hybridized carbons (Fsp3) is 0.812. The van der Waals surface area contributed by atoms with Gasteiger partial charge in [0.05, 0.1) is 10.7 Å². The average molecular weight is 263 g/mol. The molecule has 3 rings (SSSR count). The maximum Gasteiger partial charge on any atom is 0.0900 e. The van der Waals surface area contributed by atoms with E-state index in [1.807, 2.05) is 11.3 Å². The quantitative estimate of drug-likeness (QED) is 0.655. The van der Waals surface area contributed by atoms with Gasteiger partial charge in [-0.05, 0) is 42.4 Å². The van der Waals surface area contributed by atoms with E-state index in [0.29, 0.717) is 16.7 Å². The average Bonchev–Trinajstić information content (AvgIpc) is 2.70. The molecule has 3 unspecified atom stereocenters. The fourth-order valence-electron chi connectivity index (χ4n) is 4.77. The SMILES string of the molecule is Cc1nc2c(s1)CCC1C2C(C)(C)C(C)C1(C)C. The van der Waals surface area contributed by atoms with Crippen LogP contribution in [0.25, 0.3) is 0 Å². The van der Waals surface area contributed by atoms with Crippen molar-refractivity contribution in [3.63, 3.8) is 0 Å². The lowest BCUT2D eigenvalue weighted by Crippen LogP contribution is -2.28. The summed E-state index contributed by atoms with van der Waals surface area (Å²) in [6, 6.07) is 0. The zero-order valence-electron chi connectivity index (χ0n) is 12.5. The molecule has 1 saturated carbocycles. The van der Waals surface area contributed by atoms with E-state index < -0.39 is 0 Å². The van der Waals surface area contributed by atoms with Crippen molar-refractivity contribution >= 4 is 11.3 Å². The van der Waals surface area contributed by atoms with E-state index in [9.17, 15) is 0 Å². The van der Waals surface area contributed by atoms with Crippen molar-refractivity contribution < 1.29 is 0 Å². The van der Waals surface area contributed by atoms with Gasteiger partial charge in [-0.15, -0.1) is 11.3 Å². The van der Waals surface area contributed by atoms with E-state index in [0.717, 1.165) is 11.8 Å². The number of hydrogen-bond donors (Lipinski definition) is 0. The Morgan fingerprint density at radius 1 is 1.17 bits per heavy atom. The molecule has 3 atom stereocenters. The lowest BCUT2D eigenvalue weighted by molar-refractivity contribution is 0.151. The number of fused-ring (bicyclic) bond motifs is 3. The normalized spacial score (nSPS) is 36.2. The molecule has 0 amide bonds. The van der Waals surface area contributed by atoms with E-state index in [4.69, 9.17) is 4.98 Å². The molecule has 1 nitrogen and oxygen atoms in total. The van der Waals surface area contributed by atoms with Gasteiger partial charge in [0.25, 0.3) is 0 Å². The van der Waals surface area contributed by atoms with Crippen LogP contribution >= 0.6 is 11.3 Å². The zero-order chi connectivity index (χ0) is 13.3. The minimum atomic E-state index is 0.379. The standard InChI is InChI=1S/C16H25NS/c1-9-15(3,4)11-7-8-12-14(17-10(2)18-12)13(11)16(9,5)6/h9,11,13H,7-8H2,1-6H3. The Morgan fingerprint density at radius 3 is 2.50 bits per heavy atom. The Morgan fingerprint density at radius 2 is 1.83 bits per heavy atom. The molecule has 0 aromatic carbocycles. The third-order valence-corrected chi connectivity index (χ3v) is 7.25. The summed E-state index contributed by atoms with van der Waals surface area (Å²) in [5, 5.41) is 1.26. The Balaban J connectivity index is 2.16. The molecule has 1 aromatic rings. The highest BCUT2D eigenvalue weighted by Gasteiger charge is 2.59. The summed E-state index contributed by atoms with van der Waals surface area (Å²) >= 11 is 1.93. The Labute approximate surface area is 115 Å². The lowest BCUT2D eigenvalue weighted by Gasteiger charge is -2.35. The molecule has 0 radical (unpaired) electrons. The summed E-state index contributed by atoms with van der Waals surface area (Å²) in [5.41, 5.74) is 2.28. The van der Waals surface area contributed by atoms with Crippen molar-refractivity contribution in [2.75, 3.05) is 0 Å². The molecule has 0 N–H and O–H groups in total. The highest BCUT2D eigenvalue weighted by Crippen LogP contribution is 2.67. The van der Waals surface area contributed by atoms with Crippen molar-refractivity contribution in [2.45, 2.75) is 60.3 Å². The molecule has 2 heteroatoms. The summed E-state index contributed by atoms with van der Waals surface area (Å²) in [7, 11) is 0. The van der Waals surface area contributed by atoms with Crippen molar-refractivity contribution in [1.29, 1.82) is 0 Å². The van der Waals surface area contributed by atoms with E-state index in [1.165, 1.54) is 23.5 Å². The van der Waals surface area contributed by atoms with E-state index in [1.54, 1.807) is 4.88 Å². The lowest BCUT2D eigenvalue weighted by atomic mass is 9.70. The predicted octanol–water partition coefficient (Wildman–Crippen LogP) is 4.80. The molecule has 100 valence electrons. The van der Waals surface area contributed by atoms with Crippen LogP contribution in [-0.4, -0.2) is 4.98 Å². The van der Waals surface area contributed by atoms with Gasteiger partial charge in [0, 0.05) is 10.8 Å². The largest absolute Gasteiger partial charge is 0.246 e. The van der Waals surface area contributed by atoms with Crippen LogP contribution in [0.2, 0.25) is 0 Å². The van der Waals surface area contributed by atoms with Crippen LogP contribution in [0.4, 0.5) is 0 Å². The Hall–Kier alpha value is -0.370. The number of rotatable bonds is 0. The first-order valence-electron chi connectivity index (χ1n) is 7.22. The second-order valence-corrected chi connectivity index (χ2v) is 8.82. The Bertz CT molecular complexity index is 483. The van der Waals surface area contributed by atoms with E-state index in [-0.39, 0.29) is 0 Å². The van der Waals surface area contributed by atoms with Crippen molar-refractivity contribution in [2.24, 2.45) is 22.7 Å². The van der Waals surface area contributed by atoms with Gasteiger partial charge in [0.2, 0.25) is 0 Å². The number of aryl methyl sites for hydroxylation is 2. The third kappa shape index (κ3) is 1.41. The fourth-order valence-corrected chi connectivity index (χ4v) is 5.77. The predicted molar refractivity (Wildman–Crippen MR) is 78.1 cm³/mol. The van der Waals surface area contributed by atoms with Crippen LogP contribution < -0.4 is 0 Å². The summed E-state index contributed by atoms with van der Waals surface area (Å²) < 4.78 is 0. The second kappa shape index (κ2) is 3.59. The maximum absolute atomic E-state index is 4.91. The highest BCUT2D eigenvalue weighted by atomic mass is 32.1. The first-order chi connectivity index (χ1) is 8.26. The van der Waals surface area contributed by atoms with Gasteiger partial charge in [0.15, 0.2) is 0 Å². The number of aromatic nitrogens is 1. The second-order valence-electron chi connectivity index (χ2n) is 7.53. The maximum atomic E-state index is 4.91. The van der Waals surface area contributed by atoms with E-state index >= 15 is 0 Å². The van der Waals surface area contributed by atoms with Gasteiger partial charge >= 0.3 is 0 Å². The van der Waals surface area contributed by atoms with Crippen LogP contribution in [0.3, 0.4) is 0 Å². The molecule has 0 bridgehead atoms. The van der Waals surface area contributed by atoms with Gasteiger partial charge in [-0.3, -0.25) is 0 Å². The summed E-state index contributed by atoms with van der Waals surface area (Å²) in [4.78, 5) is 6.48. The molecule has 0 aliphatic heterocycles. The molecule has 0 spiro atoms. The van der Waals surface area contributed by atoms with Gasteiger partial charge in [0.1, 0.15) is 0 Å². The first kappa shape index (κ1) is 12.7. The van der Waals surface area contributed by atoms with Crippen molar-refractivity contribution in [3.05, 3.63) is 15.6 Å². The minimum Gasteiger partial charge on any atom is -0.246 e. The van der Waals surface area contributed by atoms with Crippen molar-refractivity contribution in [1.82, 2.24) is 4.98 Å². The third-order valence-electron chi connectivity index (χ3n) is 6.20. The summed E-state index contributed by atoms with van der Waals surface area (Å²) in [6.07, 6.45) is 2.62. The molecule has 1 heterocycles. The number of thiazole rings is 1. The van der Waals surface area contributed by atoms with Crippen LogP contribution in [0.5, 0.6) is 0 Å². The van der Waals surface area contributed by atoms with Crippen molar-refractivity contribution in [3.8, 4) is 0 Å². The summed E-state index contributed by atoms with van der Waals surface area (Å²) in [5.74, 6) is 2.25. The Kier molecular flexibility index (Phi) is 2.53. The van der Waals surface area contributed by atoms with Crippen LogP contribution in [0.15, 0.2) is 0 Å². The van der Waals surface area contributed by atoms with Gasteiger partial charge in [-0.25, -0.2) is 4.98 Å². The first-order valence-corrected chi connectivity index (χ1v) is 8.04. The molecule has 2 aliphatic carbocycles. The smallest absolute Gasteiger partial charge is 0.0900 e. The molecule has 2 aliphatic rings. The van der Waals surface area contributed by atoms with Crippen LogP contribution in [0.1, 0.15) is 62.5 Å². The van der Waals surface area contributed by atoms with Gasteiger partial charge < -0.3 is 0 Å². The summed E-state index contributed by atoms with van der Waals surface area (Å²) in [6.45, 7) is 14.5. The molecule has 1 aromatic heterocycles. The molecular weight excluding hydrogens is 238 g/mol.